The van der Waals surface area contributed by atoms with Crippen molar-refractivity contribution >= 4 is 34.4 Å². The second kappa shape index (κ2) is 9.98. The average Bonchev–Trinajstić information content (AvgIpc) is 3.03. The molecule has 0 fully saturated rings. The Morgan fingerprint density at radius 3 is 2.36 bits per heavy atom. The molecule has 3 rings (SSSR count). The van der Waals surface area contributed by atoms with E-state index in [1.807, 2.05) is 26.1 Å². The van der Waals surface area contributed by atoms with Crippen molar-refractivity contribution in [2.75, 3.05) is 27.3 Å². The fourth-order valence-electron chi connectivity index (χ4n) is 3.62. The normalized spacial score (nSPS) is 11.8. The predicted octanol–water partition coefficient (Wildman–Crippen LogP) is 5.12. The van der Waals surface area contributed by atoms with Crippen molar-refractivity contribution in [1.29, 1.82) is 0 Å². The summed E-state index contributed by atoms with van der Waals surface area (Å²) in [5.41, 5.74) is 2.66. The van der Waals surface area contributed by atoms with Gasteiger partial charge in [0, 0.05) is 33.7 Å². The molecule has 0 radical (unpaired) electrons. The van der Waals surface area contributed by atoms with Gasteiger partial charge < -0.3 is 9.47 Å². The number of methoxy groups -OCH3 is 1. The summed E-state index contributed by atoms with van der Waals surface area (Å²) in [6.45, 7) is 9.11. The van der Waals surface area contributed by atoms with Gasteiger partial charge in [0.2, 0.25) is 0 Å². The number of fused-ring (bicyclic) bond motifs is 1. The van der Waals surface area contributed by atoms with Crippen molar-refractivity contribution in [3.8, 4) is 5.75 Å². The third-order valence-electron chi connectivity index (χ3n) is 5.99. The molecule has 0 bridgehead atoms. The Morgan fingerprint density at radius 2 is 1.76 bits per heavy atom. The van der Waals surface area contributed by atoms with E-state index in [4.69, 9.17) is 21.1 Å². The molecule has 33 heavy (non-hydrogen) atoms. The van der Waals surface area contributed by atoms with Crippen LogP contribution in [0.1, 0.15) is 42.4 Å². The van der Waals surface area contributed by atoms with Crippen molar-refractivity contribution in [3.05, 3.63) is 64.3 Å². The van der Waals surface area contributed by atoms with E-state index >= 15 is 0 Å². The van der Waals surface area contributed by atoms with Gasteiger partial charge in [-0.05, 0) is 82.8 Å². The van der Waals surface area contributed by atoms with Gasteiger partial charge in [0.15, 0.2) is 0 Å². The molecule has 0 saturated carbocycles. The van der Waals surface area contributed by atoms with Crippen molar-refractivity contribution < 1.29 is 19.1 Å². The smallest absolute Gasteiger partial charge is 0.310 e. The van der Waals surface area contributed by atoms with Crippen LogP contribution in [0.4, 0.5) is 0 Å². The first-order valence-electron chi connectivity index (χ1n) is 10.9. The SMILES string of the molecule is COc1ccc2c(c1)c(CC(=O)OCCN(C)C(C)(C)C)c(C)n2C(=O)c1ccc(Cl)cc1. The summed E-state index contributed by atoms with van der Waals surface area (Å²) in [6, 6.07) is 12.2. The lowest BCUT2D eigenvalue weighted by Crippen LogP contribution is -2.40. The Bertz CT molecular complexity index is 1160. The molecule has 6 nitrogen and oxygen atoms in total. The highest BCUT2D eigenvalue weighted by molar-refractivity contribution is 6.30. The number of aromatic nitrogens is 1. The van der Waals surface area contributed by atoms with Gasteiger partial charge >= 0.3 is 5.97 Å². The fraction of sp³-hybridized carbons (Fsp3) is 0.385. The molecular formula is C26H31ClN2O4. The summed E-state index contributed by atoms with van der Waals surface area (Å²) in [5.74, 6) is 0.131. The summed E-state index contributed by atoms with van der Waals surface area (Å²) in [5, 5.41) is 1.35. The number of esters is 1. The number of likely N-dealkylation sites (N-methyl/N-ethyl adjacent to an activating group) is 1. The minimum atomic E-state index is -0.332. The predicted molar refractivity (Wildman–Crippen MR) is 131 cm³/mol. The highest BCUT2D eigenvalue weighted by atomic mass is 35.5. The number of ether oxygens (including phenoxy) is 2. The van der Waals surface area contributed by atoms with E-state index in [1.165, 1.54) is 0 Å². The number of hydrogen-bond donors (Lipinski definition) is 0. The lowest BCUT2D eigenvalue weighted by Gasteiger charge is -2.31. The van der Waals surface area contributed by atoms with Crippen LogP contribution in [0.5, 0.6) is 5.75 Å². The van der Waals surface area contributed by atoms with Crippen LogP contribution in [0, 0.1) is 6.92 Å². The first-order chi connectivity index (χ1) is 15.5. The first-order valence-corrected chi connectivity index (χ1v) is 11.3. The fourth-order valence-corrected chi connectivity index (χ4v) is 3.75. The molecule has 176 valence electrons. The number of carbonyl (C=O) groups is 2. The molecule has 7 heteroatoms. The number of carbonyl (C=O) groups excluding carboxylic acids is 2. The monoisotopic (exact) mass is 470 g/mol. The molecule has 0 spiro atoms. The van der Waals surface area contributed by atoms with E-state index in [2.05, 4.69) is 25.7 Å². The molecule has 0 aliphatic carbocycles. The number of hydrogen-bond acceptors (Lipinski definition) is 5. The molecule has 0 aliphatic heterocycles. The summed E-state index contributed by atoms with van der Waals surface area (Å²) in [6.07, 6.45) is 0.0651. The van der Waals surface area contributed by atoms with Crippen LogP contribution >= 0.6 is 11.6 Å². The van der Waals surface area contributed by atoms with E-state index < -0.39 is 0 Å². The van der Waals surface area contributed by atoms with E-state index in [1.54, 1.807) is 42.0 Å². The quantitative estimate of drug-likeness (QED) is 0.449. The zero-order valence-electron chi connectivity index (χ0n) is 20.1. The lowest BCUT2D eigenvalue weighted by molar-refractivity contribution is -0.143. The zero-order chi connectivity index (χ0) is 24.3. The molecule has 2 aromatic carbocycles. The maximum Gasteiger partial charge on any atom is 0.310 e. The molecular weight excluding hydrogens is 440 g/mol. The largest absolute Gasteiger partial charge is 0.497 e. The van der Waals surface area contributed by atoms with Gasteiger partial charge in [-0.2, -0.15) is 0 Å². The zero-order valence-corrected chi connectivity index (χ0v) is 20.8. The van der Waals surface area contributed by atoms with Gasteiger partial charge in [-0.25, -0.2) is 0 Å². The first kappa shape index (κ1) is 24.8. The van der Waals surface area contributed by atoms with Crippen molar-refractivity contribution in [3.63, 3.8) is 0 Å². The minimum Gasteiger partial charge on any atom is -0.497 e. The Kier molecular flexibility index (Phi) is 7.50. The molecule has 0 amide bonds. The highest BCUT2D eigenvalue weighted by Gasteiger charge is 2.23. The molecule has 0 unspecified atom stereocenters. The number of nitrogens with zero attached hydrogens (tertiary/aromatic N) is 2. The van der Waals surface area contributed by atoms with Crippen LogP contribution in [0.25, 0.3) is 10.9 Å². The Morgan fingerprint density at radius 1 is 1.09 bits per heavy atom. The van der Waals surface area contributed by atoms with Crippen LogP contribution in [0.2, 0.25) is 5.02 Å². The maximum absolute atomic E-state index is 13.4. The van der Waals surface area contributed by atoms with Gasteiger partial charge in [-0.15, -0.1) is 0 Å². The lowest BCUT2D eigenvalue weighted by atomic mass is 10.1. The third-order valence-corrected chi connectivity index (χ3v) is 6.24. The summed E-state index contributed by atoms with van der Waals surface area (Å²) < 4.78 is 12.5. The van der Waals surface area contributed by atoms with Crippen molar-refractivity contribution in [2.45, 2.75) is 39.7 Å². The van der Waals surface area contributed by atoms with Gasteiger partial charge in [0.1, 0.15) is 12.4 Å². The Balaban J connectivity index is 1.91. The highest BCUT2D eigenvalue weighted by Crippen LogP contribution is 2.31. The summed E-state index contributed by atoms with van der Waals surface area (Å²) in [4.78, 5) is 28.2. The number of halogens is 1. The second-order valence-corrected chi connectivity index (χ2v) is 9.52. The van der Waals surface area contributed by atoms with Crippen LogP contribution < -0.4 is 4.74 Å². The summed E-state index contributed by atoms with van der Waals surface area (Å²) >= 11 is 5.98. The topological polar surface area (TPSA) is 60.8 Å². The maximum atomic E-state index is 13.4. The van der Waals surface area contributed by atoms with Crippen LogP contribution in [-0.2, 0) is 16.0 Å². The molecule has 0 aliphatic rings. The van der Waals surface area contributed by atoms with E-state index in [0.717, 1.165) is 10.9 Å². The molecule has 1 heterocycles. The van der Waals surface area contributed by atoms with Gasteiger partial charge in [0.25, 0.3) is 5.91 Å². The molecule has 3 aromatic rings. The minimum absolute atomic E-state index is 0.00496. The van der Waals surface area contributed by atoms with E-state index in [9.17, 15) is 9.59 Å². The number of rotatable bonds is 7. The third kappa shape index (κ3) is 5.57. The van der Waals surface area contributed by atoms with E-state index in [0.29, 0.717) is 40.7 Å². The standard InChI is InChI=1S/C26H31ClN2O4/c1-17-21(16-24(30)33-14-13-28(5)26(2,3)4)22-15-20(32-6)11-12-23(22)29(17)25(31)18-7-9-19(27)10-8-18/h7-12,15H,13-14,16H2,1-6H3. The van der Waals surface area contributed by atoms with Crippen molar-refractivity contribution in [1.82, 2.24) is 9.47 Å². The summed E-state index contributed by atoms with van der Waals surface area (Å²) in [7, 11) is 3.59. The molecule has 0 atom stereocenters. The van der Waals surface area contributed by atoms with Crippen LogP contribution in [0.3, 0.4) is 0 Å². The van der Waals surface area contributed by atoms with Crippen molar-refractivity contribution in [2.24, 2.45) is 0 Å². The molecule has 0 saturated heterocycles. The second-order valence-electron chi connectivity index (χ2n) is 9.08. The van der Waals surface area contributed by atoms with E-state index in [-0.39, 0.29) is 23.8 Å². The van der Waals surface area contributed by atoms with Gasteiger partial charge in [0.05, 0.1) is 19.0 Å². The van der Waals surface area contributed by atoms with Gasteiger partial charge in [-0.3, -0.25) is 19.1 Å². The Hall–Kier alpha value is -2.83. The molecule has 1 aromatic heterocycles. The van der Waals surface area contributed by atoms with Crippen LogP contribution in [0.15, 0.2) is 42.5 Å². The average molecular weight is 471 g/mol. The van der Waals surface area contributed by atoms with Crippen LogP contribution in [-0.4, -0.2) is 54.2 Å². The number of benzene rings is 2. The molecule has 0 N–H and O–H groups in total. The van der Waals surface area contributed by atoms with Gasteiger partial charge in [-0.1, -0.05) is 11.6 Å². The Labute approximate surface area is 200 Å².